The number of rotatable bonds is 7. The molecule has 4 nitrogen and oxygen atoms in total. The number of imidazole rings is 1. The molecule has 0 bridgehead atoms. The third-order valence-corrected chi connectivity index (χ3v) is 4.44. The van der Waals surface area contributed by atoms with Gasteiger partial charge in [0, 0.05) is 19.5 Å². The van der Waals surface area contributed by atoms with Crippen molar-refractivity contribution in [1.82, 2.24) is 9.55 Å². The van der Waals surface area contributed by atoms with Gasteiger partial charge in [0.15, 0.2) is 0 Å². The first-order valence-corrected chi connectivity index (χ1v) is 8.91. The molecule has 25 heavy (non-hydrogen) atoms. The van der Waals surface area contributed by atoms with Crippen LogP contribution in [0.5, 0.6) is 5.75 Å². The van der Waals surface area contributed by atoms with E-state index in [1.807, 2.05) is 30.3 Å². The van der Waals surface area contributed by atoms with E-state index in [1.165, 1.54) is 5.56 Å². The van der Waals surface area contributed by atoms with E-state index in [2.05, 4.69) is 43.7 Å². The quantitative estimate of drug-likeness (QED) is 0.711. The van der Waals surface area contributed by atoms with E-state index in [0.717, 1.165) is 35.6 Å². The second-order valence-corrected chi connectivity index (χ2v) is 7.01. The molecule has 0 saturated carbocycles. The van der Waals surface area contributed by atoms with Gasteiger partial charge in [0.1, 0.15) is 11.6 Å². The molecule has 0 spiro atoms. The number of aryl methyl sites for hydroxylation is 1. The van der Waals surface area contributed by atoms with Crippen LogP contribution in [0.1, 0.15) is 31.2 Å². The summed E-state index contributed by atoms with van der Waals surface area (Å²) in [7, 11) is 2.06. The van der Waals surface area contributed by atoms with Crippen LogP contribution >= 0.6 is 0 Å². The van der Waals surface area contributed by atoms with Crippen LogP contribution < -0.4 is 10.5 Å². The van der Waals surface area contributed by atoms with Crippen molar-refractivity contribution in [3.05, 3.63) is 59.9 Å². The third-order valence-electron chi connectivity index (χ3n) is 4.44. The van der Waals surface area contributed by atoms with E-state index in [0.29, 0.717) is 12.5 Å². The van der Waals surface area contributed by atoms with E-state index in [4.69, 9.17) is 15.5 Å². The average Bonchev–Trinajstić information content (AvgIpc) is 2.95. The lowest BCUT2D eigenvalue weighted by molar-refractivity contribution is 0.271. The van der Waals surface area contributed by atoms with Gasteiger partial charge in [-0.1, -0.05) is 38.1 Å². The predicted octanol–water partition coefficient (Wildman–Crippen LogP) is 3.89. The SMILES string of the molecule is CC(C)COc1cccc(CC(CN)c2nc3ccccc3n2C)c1. The molecule has 0 radical (unpaired) electrons. The highest BCUT2D eigenvalue weighted by Crippen LogP contribution is 2.25. The number of fused-ring (bicyclic) bond motifs is 1. The summed E-state index contributed by atoms with van der Waals surface area (Å²) in [5, 5.41) is 0. The number of hydrogen-bond donors (Lipinski definition) is 1. The Labute approximate surface area is 149 Å². The number of ether oxygens (including phenoxy) is 1. The Balaban J connectivity index is 1.82. The maximum absolute atomic E-state index is 6.10. The van der Waals surface area contributed by atoms with Gasteiger partial charge in [-0.3, -0.25) is 0 Å². The van der Waals surface area contributed by atoms with Crippen molar-refractivity contribution >= 4 is 11.0 Å². The van der Waals surface area contributed by atoms with Crippen LogP contribution in [0.4, 0.5) is 0 Å². The van der Waals surface area contributed by atoms with Crippen LogP contribution in [0, 0.1) is 5.92 Å². The predicted molar refractivity (Wildman–Crippen MR) is 103 cm³/mol. The second kappa shape index (κ2) is 7.70. The smallest absolute Gasteiger partial charge is 0.119 e. The maximum Gasteiger partial charge on any atom is 0.119 e. The minimum atomic E-state index is 0.178. The van der Waals surface area contributed by atoms with Gasteiger partial charge < -0.3 is 15.0 Å². The van der Waals surface area contributed by atoms with E-state index in [-0.39, 0.29) is 5.92 Å². The highest BCUT2D eigenvalue weighted by molar-refractivity contribution is 5.75. The monoisotopic (exact) mass is 337 g/mol. The summed E-state index contributed by atoms with van der Waals surface area (Å²) in [6.07, 6.45) is 0.854. The summed E-state index contributed by atoms with van der Waals surface area (Å²) < 4.78 is 8.01. The normalized spacial score (nSPS) is 12.7. The lowest BCUT2D eigenvalue weighted by Gasteiger charge is -2.16. The van der Waals surface area contributed by atoms with Crippen molar-refractivity contribution in [1.29, 1.82) is 0 Å². The Morgan fingerprint density at radius 2 is 1.92 bits per heavy atom. The summed E-state index contributed by atoms with van der Waals surface area (Å²) in [5.41, 5.74) is 9.49. The number of nitrogens with zero attached hydrogens (tertiary/aromatic N) is 2. The summed E-state index contributed by atoms with van der Waals surface area (Å²) in [6, 6.07) is 16.5. The lowest BCUT2D eigenvalue weighted by atomic mass is 9.98. The first-order chi connectivity index (χ1) is 12.1. The van der Waals surface area contributed by atoms with Crippen molar-refractivity contribution in [2.45, 2.75) is 26.2 Å². The van der Waals surface area contributed by atoms with Gasteiger partial charge in [0.05, 0.1) is 17.6 Å². The molecule has 2 N–H and O–H groups in total. The van der Waals surface area contributed by atoms with Gasteiger partial charge in [-0.05, 0) is 42.2 Å². The molecule has 3 rings (SSSR count). The minimum absolute atomic E-state index is 0.178. The molecule has 0 aliphatic carbocycles. The van der Waals surface area contributed by atoms with Crippen molar-refractivity contribution in [3.63, 3.8) is 0 Å². The summed E-state index contributed by atoms with van der Waals surface area (Å²) >= 11 is 0. The van der Waals surface area contributed by atoms with Crippen LogP contribution in [-0.4, -0.2) is 22.7 Å². The fourth-order valence-corrected chi connectivity index (χ4v) is 3.12. The molecule has 1 atom stereocenters. The molecule has 0 aliphatic heterocycles. The maximum atomic E-state index is 6.10. The Morgan fingerprint density at radius 3 is 2.64 bits per heavy atom. The first-order valence-electron chi connectivity index (χ1n) is 8.91. The highest BCUT2D eigenvalue weighted by atomic mass is 16.5. The van der Waals surface area contributed by atoms with Gasteiger partial charge in [-0.25, -0.2) is 4.98 Å². The zero-order valence-corrected chi connectivity index (χ0v) is 15.3. The van der Waals surface area contributed by atoms with Crippen LogP contribution in [0.3, 0.4) is 0 Å². The van der Waals surface area contributed by atoms with Crippen molar-refractivity contribution in [3.8, 4) is 5.75 Å². The number of hydrogen-bond acceptors (Lipinski definition) is 3. The molecule has 132 valence electrons. The molecule has 0 fully saturated rings. The molecular formula is C21H27N3O. The van der Waals surface area contributed by atoms with Gasteiger partial charge in [0.25, 0.3) is 0 Å². The minimum Gasteiger partial charge on any atom is -0.493 e. The van der Waals surface area contributed by atoms with E-state index in [9.17, 15) is 0 Å². The van der Waals surface area contributed by atoms with Crippen LogP contribution in [0.2, 0.25) is 0 Å². The van der Waals surface area contributed by atoms with Gasteiger partial charge in [0.2, 0.25) is 0 Å². The number of nitrogens with two attached hydrogens (primary N) is 1. The second-order valence-electron chi connectivity index (χ2n) is 7.01. The number of aromatic nitrogens is 2. The van der Waals surface area contributed by atoms with E-state index >= 15 is 0 Å². The lowest BCUT2D eigenvalue weighted by Crippen LogP contribution is -2.18. The van der Waals surface area contributed by atoms with Gasteiger partial charge in [-0.2, -0.15) is 0 Å². The average molecular weight is 337 g/mol. The highest BCUT2D eigenvalue weighted by Gasteiger charge is 2.18. The first kappa shape index (κ1) is 17.5. The van der Waals surface area contributed by atoms with Crippen molar-refractivity contribution in [2.75, 3.05) is 13.2 Å². The van der Waals surface area contributed by atoms with E-state index in [1.54, 1.807) is 0 Å². The van der Waals surface area contributed by atoms with Crippen LogP contribution in [-0.2, 0) is 13.5 Å². The molecule has 0 aliphatic rings. The Bertz CT molecular complexity index is 838. The molecular weight excluding hydrogens is 310 g/mol. The van der Waals surface area contributed by atoms with Crippen LogP contribution in [0.25, 0.3) is 11.0 Å². The van der Waals surface area contributed by atoms with Crippen LogP contribution in [0.15, 0.2) is 48.5 Å². The summed E-state index contributed by atoms with van der Waals surface area (Å²) in [6.45, 7) is 5.60. The van der Waals surface area contributed by atoms with Gasteiger partial charge in [-0.15, -0.1) is 0 Å². The van der Waals surface area contributed by atoms with Crippen molar-refractivity contribution in [2.24, 2.45) is 18.7 Å². The molecule has 4 heteroatoms. The zero-order chi connectivity index (χ0) is 17.8. The zero-order valence-electron chi connectivity index (χ0n) is 15.3. The largest absolute Gasteiger partial charge is 0.493 e. The van der Waals surface area contributed by atoms with E-state index < -0.39 is 0 Å². The van der Waals surface area contributed by atoms with Crippen molar-refractivity contribution < 1.29 is 4.74 Å². The molecule has 1 heterocycles. The Hall–Kier alpha value is -2.33. The summed E-state index contributed by atoms with van der Waals surface area (Å²) in [5.74, 6) is 2.65. The summed E-state index contributed by atoms with van der Waals surface area (Å²) in [4.78, 5) is 4.81. The Morgan fingerprint density at radius 1 is 1.12 bits per heavy atom. The number of para-hydroxylation sites is 2. The molecule has 3 aromatic rings. The Kier molecular flexibility index (Phi) is 5.39. The topological polar surface area (TPSA) is 53.1 Å². The molecule has 0 amide bonds. The standard InChI is InChI=1S/C21H27N3O/c1-15(2)14-25-18-8-6-7-16(12-18)11-17(13-22)21-23-19-9-4-5-10-20(19)24(21)3/h4-10,12,15,17H,11,13-14,22H2,1-3H3. The third kappa shape index (κ3) is 4.02. The fourth-order valence-electron chi connectivity index (χ4n) is 3.12. The molecule has 1 unspecified atom stereocenters. The molecule has 2 aromatic carbocycles. The number of benzene rings is 2. The molecule has 1 aromatic heterocycles. The molecule has 0 saturated heterocycles. The fraction of sp³-hybridized carbons (Fsp3) is 0.381. The van der Waals surface area contributed by atoms with Gasteiger partial charge >= 0.3 is 0 Å².